The van der Waals surface area contributed by atoms with Crippen molar-refractivity contribution in [1.82, 2.24) is 5.43 Å². The van der Waals surface area contributed by atoms with Crippen LogP contribution in [-0.4, -0.2) is 53.1 Å². The van der Waals surface area contributed by atoms with Crippen LogP contribution < -0.4 is 33.8 Å². The number of amides is 1. The van der Waals surface area contributed by atoms with Crippen molar-refractivity contribution in [2.24, 2.45) is 5.10 Å². The molecule has 0 fully saturated rings. The van der Waals surface area contributed by atoms with Crippen LogP contribution in [0, 0.1) is 13.8 Å². The molecule has 0 aromatic heterocycles. The third-order valence-corrected chi connectivity index (χ3v) is 5.54. The lowest BCUT2D eigenvalue weighted by molar-refractivity contribution is -0.123. The Kier molecular flexibility index (Phi) is 9.53. The summed E-state index contributed by atoms with van der Waals surface area (Å²) in [6, 6.07) is 13.4. The minimum Gasteiger partial charge on any atom is -0.493 e. The van der Waals surface area contributed by atoms with Crippen molar-refractivity contribution in [2.45, 2.75) is 13.8 Å². The van der Waals surface area contributed by atoms with Gasteiger partial charge in [-0.25, -0.2) is 10.2 Å². The standard InChI is InChI=1S/C28H30N2O8/c1-17-7-9-21(11-18(17)2)37-16-26(31)30-29-15-19-8-10-22(23(12-19)33-3)38-28(32)20-13-24(34-4)27(36-6)25(14-20)35-5/h7-15H,16H2,1-6H3,(H,30,31)/b29-15-. The molecular weight excluding hydrogens is 492 g/mol. The molecule has 10 nitrogen and oxygen atoms in total. The molecule has 3 rings (SSSR count). The number of nitrogens with one attached hydrogen (secondary N) is 1. The van der Waals surface area contributed by atoms with Crippen molar-refractivity contribution in [3.63, 3.8) is 0 Å². The fraction of sp³-hybridized carbons (Fsp3) is 0.250. The first-order valence-corrected chi connectivity index (χ1v) is 11.5. The highest BCUT2D eigenvalue weighted by atomic mass is 16.6. The van der Waals surface area contributed by atoms with E-state index in [1.54, 1.807) is 24.3 Å². The predicted molar refractivity (Wildman–Crippen MR) is 141 cm³/mol. The van der Waals surface area contributed by atoms with Crippen LogP contribution in [-0.2, 0) is 4.79 Å². The second kappa shape index (κ2) is 13.0. The summed E-state index contributed by atoms with van der Waals surface area (Å²) in [5.74, 6) is 1.01. The highest BCUT2D eigenvalue weighted by Crippen LogP contribution is 2.38. The Morgan fingerprint density at radius 1 is 0.789 bits per heavy atom. The summed E-state index contributed by atoms with van der Waals surface area (Å²) < 4.78 is 32.3. The van der Waals surface area contributed by atoms with Crippen LogP contribution in [0.2, 0.25) is 0 Å². The number of hydrazone groups is 1. The SMILES string of the molecule is COc1cc(/C=N\NC(=O)COc2ccc(C)c(C)c2)ccc1OC(=O)c1cc(OC)c(OC)c(OC)c1. The van der Waals surface area contributed by atoms with Gasteiger partial charge in [-0.05, 0) is 73.0 Å². The normalized spacial score (nSPS) is 10.6. The average molecular weight is 523 g/mol. The van der Waals surface area contributed by atoms with E-state index in [2.05, 4.69) is 10.5 Å². The minimum atomic E-state index is -0.653. The van der Waals surface area contributed by atoms with Crippen LogP contribution in [0.4, 0.5) is 0 Å². The molecule has 0 aliphatic rings. The summed E-state index contributed by atoms with van der Waals surface area (Å²) in [6.45, 7) is 3.79. The molecule has 0 saturated carbocycles. The molecule has 10 heteroatoms. The van der Waals surface area contributed by atoms with Gasteiger partial charge in [-0.1, -0.05) is 6.07 Å². The first-order chi connectivity index (χ1) is 18.3. The Hall–Kier alpha value is -4.73. The van der Waals surface area contributed by atoms with Gasteiger partial charge in [0.1, 0.15) is 5.75 Å². The molecule has 3 aromatic rings. The molecule has 1 amide bonds. The van der Waals surface area contributed by atoms with E-state index in [9.17, 15) is 9.59 Å². The lowest BCUT2D eigenvalue weighted by Gasteiger charge is -2.14. The molecule has 38 heavy (non-hydrogen) atoms. The van der Waals surface area contributed by atoms with E-state index in [1.165, 1.54) is 46.8 Å². The van der Waals surface area contributed by atoms with E-state index in [4.69, 9.17) is 28.4 Å². The van der Waals surface area contributed by atoms with Crippen molar-refractivity contribution < 1.29 is 38.0 Å². The van der Waals surface area contributed by atoms with Gasteiger partial charge in [0.25, 0.3) is 5.91 Å². The fourth-order valence-electron chi connectivity index (χ4n) is 3.37. The Morgan fingerprint density at radius 3 is 2.08 bits per heavy atom. The van der Waals surface area contributed by atoms with E-state index in [1.807, 2.05) is 26.0 Å². The Balaban J connectivity index is 1.63. The zero-order valence-corrected chi connectivity index (χ0v) is 22.1. The van der Waals surface area contributed by atoms with Crippen LogP contribution in [0.3, 0.4) is 0 Å². The van der Waals surface area contributed by atoms with Crippen LogP contribution in [0.25, 0.3) is 0 Å². The molecule has 0 atom stereocenters. The van der Waals surface area contributed by atoms with E-state index < -0.39 is 11.9 Å². The summed E-state index contributed by atoms with van der Waals surface area (Å²) in [7, 11) is 5.82. The van der Waals surface area contributed by atoms with Crippen molar-refractivity contribution in [1.29, 1.82) is 0 Å². The zero-order valence-electron chi connectivity index (χ0n) is 22.1. The molecule has 0 saturated heterocycles. The lowest BCUT2D eigenvalue weighted by atomic mass is 10.1. The molecule has 0 heterocycles. The van der Waals surface area contributed by atoms with Gasteiger partial charge in [-0.2, -0.15) is 5.10 Å². The van der Waals surface area contributed by atoms with Gasteiger partial charge < -0.3 is 28.4 Å². The highest BCUT2D eigenvalue weighted by Gasteiger charge is 2.19. The third kappa shape index (κ3) is 6.94. The van der Waals surface area contributed by atoms with Gasteiger partial charge in [-0.15, -0.1) is 0 Å². The van der Waals surface area contributed by atoms with Gasteiger partial charge in [0.15, 0.2) is 29.6 Å². The molecule has 3 aromatic carbocycles. The molecule has 1 N–H and O–H groups in total. The number of carbonyl (C=O) groups is 2. The summed E-state index contributed by atoms with van der Waals surface area (Å²) in [5, 5.41) is 3.95. The predicted octanol–water partition coefficient (Wildman–Crippen LogP) is 4.09. The van der Waals surface area contributed by atoms with Gasteiger partial charge in [-0.3, -0.25) is 4.79 Å². The number of rotatable bonds is 11. The van der Waals surface area contributed by atoms with Crippen LogP contribution in [0.1, 0.15) is 27.0 Å². The van der Waals surface area contributed by atoms with Gasteiger partial charge in [0.05, 0.1) is 40.2 Å². The molecule has 0 aliphatic heterocycles. The van der Waals surface area contributed by atoms with E-state index in [0.717, 1.165) is 11.1 Å². The maximum Gasteiger partial charge on any atom is 0.343 e. The van der Waals surface area contributed by atoms with Gasteiger partial charge in [0.2, 0.25) is 5.75 Å². The zero-order chi connectivity index (χ0) is 27.7. The number of carbonyl (C=O) groups excluding carboxylic acids is 2. The van der Waals surface area contributed by atoms with Gasteiger partial charge >= 0.3 is 5.97 Å². The summed E-state index contributed by atoms with van der Waals surface area (Å²) in [5.41, 5.74) is 5.42. The maximum atomic E-state index is 12.8. The second-order valence-electron chi connectivity index (χ2n) is 8.04. The smallest absolute Gasteiger partial charge is 0.343 e. The quantitative estimate of drug-likeness (QED) is 0.173. The van der Waals surface area contributed by atoms with E-state index in [0.29, 0.717) is 34.3 Å². The topological polar surface area (TPSA) is 114 Å². The Labute approximate surface area is 221 Å². The summed E-state index contributed by atoms with van der Waals surface area (Å²) >= 11 is 0. The van der Waals surface area contributed by atoms with Crippen molar-refractivity contribution in [3.8, 4) is 34.5 Å². The molecule has 0 aliphatic carbocycles. The van der Waals surface area contributed by atoms with E-state index >= 15 is 0 Å². The second-order valence-corrected chi connectivity index (χ2v) is 8.04. The maximum absolute atomic E-state index is 12.8. The summed E-state index contributed by atoms with van der Waals surface area (Å²) in [6.07, 6.45) is 1.43. The summed E-state index contributed by atoms with van der Waals surface area (Å²) in [4.78, 5) is 24.9. The van der Waals surface area contributed by atoms with Crippen LogP contribution in [0.15, 0.2) is 53.6 Å². The minimum absolute atomic E-state index is 0.182. The Bertz CT molecular complexity index is 1310. The van der Waals surface area contributed by atoms with Crippen LogP contribution in [0.5, 0.6) is 34.5 Å². The number of ether oxygens (including phenoxy) is 6. The number of hydrogen-bond acceptors (Lipinski definition) is 9. The monoisotopic (exact) mass is 522 g/mol. The number of nitrogens with zero attached hydrogens (tertiary/aromatic N) is 1. The fourth-order valence-corrected chi connectivity index (χ4v) is 3.37. The number of esters is 1. The first kappa shape index (κ1) is 27.9. The van der Waals surface area contributed by atoms with Crippen molar-refractivity contribution in [3.05, 3.63) is 70.8 Å². The van der Waals surface area contributed by atoms with Crippen molar-refractivity contribution >= 4 is 18.1 Å². The molecule has 0 unspecified atom stereocenters. The largest absolute Gasteiger partial charge is 0.493 e. The third-order valence-electron chi connectivity index (χ3n) is 5.54. The Morgan fingerprint density at radius 2 is 1.47 bits per heavy atom. The molecular formula is C28H30N2O8. The average Bonchev–Trinajstić information content (AvgIpc) is 2.93. The highest BCUT2D eigenvalue weighted by molar-refractivity contribution is 5.93. The number of aryl methyl sites for hydroxylation is 2. The number of hydrogen-bond donors (Lipinski definition) is 1. The first-order valence-electron chi connectivity index (χ1n) is 11.5. The van der Waals surface area contributed by atoms with Gasteiger partial charge in [0, 0.05) is 0 Å². The molecule has 0 spiro atoms. The van der Waals surface area contributed by atoms with E-state index in [-0.39, 0.29) is 17.9 Å². The number of benzene rings is 3. The molecule has 0 bridgehead atoms. The lowest BCUT2D eigenvalue weighted by Crippen LogP contribution is -2.24. The van der Waals surface area contributed by atoms with Crippen LogP contribution >= 0.6 is 0 Å². The van der Waals surface area contributed by atoms with Crippen molar-refractivity contribution in [2.75, 3.05) is 35.0 Å². The number of methoxy groups -OCH3 is 4. The molecule has 0 radical (unpaired) electrons. The molecule has 200 valence electrons.